The Morgan fingerprint density at radius 1 is 1.11 bits per heavy atom. The molecule has 12 nitrogen and oxygen atoms in total. The van der Waals surface area contributed by atoms with Gasteiger partial charge in [-0.25, -0.2) is 10.2 Å². The molecule has 3 aromatic rings. The van der Waals surface area contributed by atoms with E-state index in [0.29, 0.717) is 39.0 Å². The van der Waals surface area contributed by atoms with Crippen molar-refractivity contribution in [3.63, 3.8) is 0 Å². The van der Waals surface area contributed by atoms with Crippen LogP contribution in [0.5, 0.6) is 11.5 Å². The van der Waals surface area contributed by atoms with Crippen molar-refractivity contribution in [1.29, 1.82) is 0 Å². The summed E-state index contributed by atoms with van der Waals surface area (Å²) in [5.41, 5.74) is 5.39. The van der Waals surface area contributed by atoms with Crippen molar-refractivity contribution >= 4 is 86.3 Å². The number of rotatable bonds is 12. The van der Waals surface area contributed by atoms with E-state index in [1.807, 2.05) is 12.1 Å². The number of halogens is 2. The number of hydrogen-bond donors (Lipinski definition) is 3. The standard InChI is InChI=1S/C30H27I2N5O7S/c1-3-42-29(39)26-17(2)34-30(45)35-27(26)21-9-4-5-10-24(21)43-16-25(38)36-33-14-19-12-22(31)28(23(32)13-19)44-15-18-7-6-8-20(11-18)37(40)41/h4-14,27H,3,15-16H2,1-2H3,(H,36,38)(H2,34,35,45)/t27-/m0/s1. The number of carbonyl (C=O) groups is 2. The highest BCUT2D eigenvalue weighted by Gasteiger charge is 2.32. The molecule has 1 heterocycles. The summed E-state index contributed by atoms with van der Waals surface area (Å²) in [6.45, 7) is 3.52. The number of nitrogens with one attached hydrogen (secondary N) is 3. The molecule has 3 aromatic carbocycles. The fraction of sp³-hybridized carbons (Fsp3) is 0.200. The van der Waals surface area contributed by atoms with Gasteiger partial charge < -0.3 is 24.8 Å². The van der Waals surface area contributed by atoms with Crippen LogP contribution in [-0.2, 0) is 20.9 Å². The molecule has 15 heteroatoms. The smallest absolute Gasteiger partial charge is 0.338 e. The van der Waals surface area contributed by atoms with Crippen molar-refractivity contribution in [1.82, 2.24) is 16.1 Å². The number of non-ortho nitro benzene ring substituents is 1. The number of nitro groups is 1. The van der Waals surface area contributed by atoms with E-state index < -0.39 is 22.8 Å². The minimum atomic E-state index is -0.641. The molecular weight excluding hydrogens is 828 g/mol. The predicted molar refractivity (Wildman–Crippen MR) is 188 cm³/mol. The van der Waals surface area contributed by atoms with Gasteiger partial charge in [-0.3, -0.25) is 14.9 Å². The maximum atomic E-state index is 12.7. The summed E-state index contributed by atoms with van der Waals surface area (Å²) >= 11 is 9.58. The van der Waals surface area contributed by atoms with E-state index in [4.69, 9.17) is 26.4 Å². The van der Waals surface area contributed by atoms with Gasteiger partial charge in [0.05, 0.1) is 36.5 Å². The number of esters is 1. The number of para-hydroxylation sites is 1. The molecule has 0 saturated carbocycles. The van der Waals surface area contributed by atoms with Crippen LogP contribution in [0.1, 0.15) is 36.6 Å². The molecule has 1 atom stereocenters. The highest BCUT2D eigenvalue weighted by Crippen LogP contribution is 2.34. The van der Waals surface area contributed by atoms with Crippen LogP contribution in [0.25, 0.3) is 0 Å². The predicted octanol–water partition coefficient (Wildman–Crippen LogP) is 5.27. The van der Waals surface area contributed by atoms with Gasteiger partial charge in [0.2, 0.25) is 0 Å². The SMILES string of the molecule is CCOC(=O)C1=C(C)NC(=S)N[C@H]1c1ccccc1OCC(=O)NN=Cc1cc(I)c(OCc2cccc([N+](=O)[O-])c2)c(I)c1. The molecule has 4 rings (SSSR count). The molecule has 3 N–H and O–H groups in total. The van der Waals surface area contributed by atoms with Crippen molar-refractivity contribution in [2.75, 3.05) is 13.2 Å². The van der Waals surface area contributed by atoms with Gasteiger partial charge in [0.1, 0.15) is 18.1 Å². The monoisotopic (exact) mass is 855 g/mol. The number of allylic oxidation sites excluding steroid dienone is 1. The Hall–Kier alpha value is -3.84. The van der Waals surface area contributed by atoms with Gasteiger partial charge in [0.25, 0.3) is 11.6 Å². The Balaban J connectivity index is 1.37. The normalized spacial score (nSPS) is 14.4. The fourth-order valence-corrected chi connectivity index (χ4v) is 6.72. The van der Waals surface area contributed by atoms with Crippen molar-refractivity contribution < 1.29 is 28.7 Å². The third-order valence-corrected chi connectivity index (χ3v) is 8.10. The van der Waals surface area contributed by atoms with Crippen molar-refractivity contribution in [2.24, 2.45) is 5.10 Å². The fourth-order valence-electron chi connectivity index (χ4n) is 4.32. The molecule has 0 spiro atoms. The average Bonchev–Trinajstić information content (AvgIpc) is 2.99. The van der Waals surface area contributed by atoms with E-state index >= 15 is 0 Å². The largest absolute Gasteiger partial charge is 0.487 e. The van der Waals surface area contributed by atoms with Crippen LogP contribution >= 0.6 is 57.4 Å². The summed E-state index contributed by atoms with van der Waals surface area (Å²) in [6, 6.07) is 16.3. The number of benzene rings is 3. The molecule has 0 radical (unpaired) electrons. The summed E-state index contributed by atoms with van der Waals surface area (Å²) in [6.07, 6.45) is 1.50. The van der Waals surface area contributed by atoms with E-state index in [1.54, 1.807) is 50.2 Å². The zero-order valence-corrected chi connectivity index (χ0v) is 29.1. The Bertz CT molecular complexity index is 1680. The second-order valence-corrected chi connectivity index (χ2v) is 12.2. The summed E-state index contributed by atoms with van der Waals surface area (Å²) in [4.78, 5) is 35.9. The first-order valence-corrected chi connectivity index (χ1v) is 16.0. The van der Waals surface area contributed by atoms with Gasteiger partial charge in [-0.1, -0.05) is 30.3 Å². The highest BCUT2D eigenvalue weighted by atomic mass is 127. The zero-order chi connectivity index (χ0) is 32.5. The summed E-state index contributed by atoms with van der Waals surface area (Å²) < 4.78 is 18.6. The molecule has 0 saturated heterocycles. The van der Waals surface area contributed by atoms with Gasteiger partial charge in [-0.05, 0) is 101 Å². The van der Waals surface area contributed by atoms with E-state index in [9.17, 15) is 19.7 Å². The molecule has 1 aliphatic heterocycles. The van der Waals surface area contributed by atoms with Crippen LogP contribution in [0.15, 0.2) is 77.0 Å². The van der Waals surface area contributed by atoms with E-state index in [0.717, 1.165) is 12.7 Å². The summed E-state index contributed by atoms with van der Waals surface area (Å²) in [5, 5.41) is 21.5. The zero-order valence-electron chi connectivity index (χ0n) is 24.0. The lowest BCUT2D eigenvalue weighted by atomic mass is 9.95. The first-order chi connectivity index (χ1) is 21.6. The van der Waals surface area contributed by atoms with Crippen LogP contribution in [0.3, 0.4) is 0 Å². The number of nitrogens with zero attached hydrogens (tertiary/aromatic N) is 2. The van der Waals surface area contributed by atoms with Crippen LogP contribution in [0.2, 0.25) is 0 Å². The van der Waals surface area contributed by atoms with Gasteiger partial charge >= 0.3 is 5.97 Å². The lowest BCUT2D eigenvalue weighted by molar-refractivity contribution is -0.384. The van der Waals surface area contributed by atoms with Crippen LogP contribution < -0.4 is 25.5 Å². The molecule has 1 aliphatic rings. The molecule has 0 aliphatic carbocycles. The maximum absolute atomic E-state index is 12.7. The van der Waals surface area contributed by atoms with Gasteiger partial charge in [-0.15, -0.1) is 0 Å². The summed E-state index contributed by atoms with van der Waals surface area (Å²) in [5.74, 6) is 0.0404. The Morgan fingerprint density at radius 2 is 1.84 bits per heavy atom. The number of amides is 1. The first-order valence-electron chi connectivity index (χ1n) is 13.4. The number of ether oxygens (including phenoxy) is 3. The minimum Gasteiger partial charge on any atom is -0.487 e. The van der Waals surface area contributed by atoms with Crippen molar-refractivity contribution in [3.05, 3.63) is 106 Å². The third-order valence-electron chi connectivity index (χ3n) is 6.28. The number of hydrazone groups is 1. The van der Waals surface area contributed by atoms with Gasteiger partial charge in [-0.2, -0.15) is 5.10 Å². The lowest BCUT2D eigenvalue weighted by Gasteiger charge is -2.30. The van der Waals surface area contributed by atoms with Gasteiger partial charge in [0, 0.05) is 23.4 Å². The van der Waals surface area contributed by atoms with Crippen molar-refractivity contribution in [3.8, 4) is 11.5 Å². The molecule has 0 aromatic heterocycles. The second-order valence-electron chi connectivity index (χ2n) is 9.44. The van der Waals surface area contributed by atoms with Crippen LogP contribution in [0, 0.1) is 17.3 Å². The number of thiocarbonyl (C=S) groups is 1. The van der Waals surface area contributed by atoms with E-state index in [-0.39, 0.29) is 25.5 Å². The Kier molecular flexibility index (Phi) is 12.1. The molecule has 0 bridgehead atoms. The minimum absolute atomic E-state index is 0.00233. The first kappa shape index (κ1) is 34.0. The van der Waals surface area contributed by atoms with E-state index in [2.05, 4.69) is 66.3 Å². The number of hydrogen-bond acceptors (Lipinski definition) is 9. The molecule has 1 amide bonds. The van der Waals surface area contributed by atoms with E-state index in [1.165, 1.54) is 18.3 Å². The molecule has 0 unspecified atom stereocenters. The maximum Gasteiger partial charge on any atom is 0.338 e. The topological polar surface area (TPSA) is 153 Å². The van der Waals surface area contributed by atoms with Gasteiger partial charge in [0.15, 0.2) is 11.7 Å². The average molecular weight is 855 g/mol. The third kappa shape index (κ3) is 9.10. The highest BCUT2D eigenvalue weighted by molar-refractivity contribution is 14.1. The number of carbonyl (C=O) groups excluding carboxylic acids is 2. The Labute approximate surface area is 291 Å². The van der Waals surface area contributed by atoms with Crippen LogP contribution in [-0.4, -0.2) is 41.3 Å². The summed E-state index contributed by atoms with van der Waals surface area (Å²) in [7, 11) is 0. The molecule has 45 heavy (non-hydrogen) atoms. The lowest BCUT2D eigenvalue weighted by Crippen LogP contribution is -2.45. The molecule has 234 valence electrons. The second kappa shape index (κ2) is 15.9. The molecular formula is C30H27I2N5O7S. The van der Waals surface area contributed by atoms with Crippen molar-refractivity contribution in [2.45, 2.75) is 26.5 Å². The number of nitro benzene ring substituents is 1. The quantitative estimate of drug-likeness (QED) is 0.0549. The van der Waals surface area contributed by atoms with Crippen LogP contribution in [0.4, 0.5) is 5.69 Å². The molecule has 0 fully saturated rings. The Morgan fingerprint density at radius 3 is 2.56 bits per heavy atom.